The topological polar surface area (TPSA) is 94.4 Å². The molecule has 0 radical (unpaired) electrons. The lowest BCUT2D eigenvalue weighted by atomic mass is 10.3. The Hall–Kier alpha value is -2.18. The molecule has 7 heteroatoms. The monoisotopic (exact) mass is 225 g/mol. The van der Waals surface area contributed by atoms with E-state index in [9.17, 15) is 14.9 Å². The fraction of sp³-hybridized carbons (Fsp3) is 0.333. The van der Waals surface area contributed by atoms with Crippen LogP contribution in [0.3, 0.4) is 0 Å². The minimum absolute atomic E-state index is 0.118. The first-order chi connectivity index (χ1) is 7.65. The van der Waals surface area contributed by atoms with Crippen molar-refractivity contribution in [2.24, 2.45) is 0 Å². The van der Waals surface area contributed by atoms with Gasteiger partial charge in [-0.05, 0) is 6.07 Å². The van der Waals surface area contributed by atoms with Crippen LogP contribution in [-0.4, -0.2) is 29.5 Å². The van der Waals surface area contributed by atoms with E-state index in [0.717, 1.165) is 0 Å². The van der Waals surface area contributed by atoms with Crippen LogP contribution in [0.1, 0.15) is 6.42 Å². The maximum atomic E-state index is 10.8. The van der Waals surface area contributed by atoms with Crippen LogP contribution in [0.25, 0.3) is 0 Å². The van der Waals surface area contributed by atoms with Crippen molar-refractivity contribution in [1.82, 2.24) is 4.98 Å². The van der Waals surface area contributed by atoms with E-state index in [4.69, 9.17) is 0 Å². The predicted molar refractivity (Wildman–Crippen MR) is 56.0 cm³/mol. The van der Waals surface area contributed by atoms with Gasteiger partial charge >= 0.3 is 11.7 Å². The molecule has 1 heterocycles. The van der Waals surface area contributed by atoms with Gasteiger partial charge in [-0.25, -0.2) is 4.98 Å². The molecule has 0 aromatic carbocycles. The summed E-state index contributed by atoms with van der Waals surface area (Å²) in [6.45, 7) is 0.241. The number of pyridine rings is 1. The third-order valence-corrected chi connectivity index (χ3v) is 1.83. The molecule has 1 aromatic heterocycles. The summed E-state index contributed by atoms with van der Waals surface area (Å²) in [7, 11) is 1.28. The van der Waals surface area contributed by atoms with Crippen LogP contribution in [0.15, 0.2) is 18.3 Å². The van der Waals surface area contributed by atoms with E-state index >= 15 is 0 Å². The van der Waals surface area contributed by atoms with Crippen molar-refractivity contribution < 1.29 is 14.5 Å². The van der Waals surface area contributed by atoms with Crippen LogP contribution in [-0.2, 0) is 9.53 Å². The van der Waals surface area contributed by atoms with Crippen LogP contribution in [0.5, 0.6) is 0 Å². The van der Waals surface area contributed by atoms with Gasteiger partial charge in [0.25, 0.3) is 0 Å². The van der Waals surface area contributed by atoms with Crippen LogP contribution in [0, 0.1) is 10.1 Å². The summed E-state index contributed by atoms with van der Waals surface area (Å²) in [5.41, 5.74) is -0.118. The Balaban J connectivity index is 2.60. The van der Waals surface area contributed by atoms with Gasteiger partial charge in [-0.3, -0.25) is 14.9 Å². The standard InChI is InChI=1S/C9H11N3O4/c1-16-8(13)4-6-11-9-7(12(14)15)3-2-5-10-9/h2-3,5H,4,6H2,1H3,(H,10,11). The molecule has 0 spiro atoms. The summed E-state index contributed by atoms with van der Waals surface area (Å²) >= 11 is 0. The molecular formula is C9H11N3O4. The molecule has 16 heavy (non-hydrogen) atoms. The largest absolute Gasteiger partial charge is 0.469 e. The highest BCUT2D eigenvalue weighted by atomic mass is 16.6. The molecule has 1 N–H and O–H groups in total. The summed E-state index contributed by atoms with van der Waals surface area (Å²) in [5.74, 6) is -0.234. The van der Waals surface area contributed by atoms with Crippen molar-refractivity contribution in [3.63, 3.8) is 0 Å². The Morgan fingerprint density at radius 1 is 1.69 bits per heavy atom. The molecule has 1 rings (SSSR count). The van der Waals surface area contributed by atoms with Crippen LogP contribution in [0.4, 0.5) is 11.5 Å². The van der Waals surface area contributed by atoms with Crippen LogP contribution < -0.4 is 5.32 Å². The van der Waals surface area contributed by atoms with E-state index in [2.05, 4.69) is 15.0 Å². The zero-order valence-corrected chi connectivity index (χ0v) is 8.67. The van der Waals surface area contributed by atoms with E-state index < -0.39 is 4.92 Å². The lowest BCUT2D eigenvalue weighted by molar-refractivity contribution is -0.384. The van der Waals surface area contributed by atoms with Gasteiger partial charge in [-0.15, -0.1) is 0 Å². The highest BCUT2D eigenvalue weighted by molar-refractivity contribution is 5.70. The average Bonchev–Trinajstić information content (AvgIpc) is 2.29. The molecule has 0 amide bonds. The fourth-order valence-corrected chi connectivity index (χ4v) is 1.07. The van der Waals surface area contributed by atoms with Gasteiger partial charge in [0.15, 0.2) is 0 Å². The number of aromatic nitrogens is 1. The molecule has 86 valence electrons. The second-order valence-electron chi connectivity index (χ2n) is 2.88. The molecule has 1 aromatic rings. The van der Waals surface area contributed by atoms with Crippen molar-refractivity contribution in [3.8, 4) is 0 Å². The summed E-state index contributed by atoms with van der Waals surface area (Å²) in [6, 6.07) is 2.82. The maximum Gasteiger partial charge on any atom is 0.311 e. The zero-order valence-electron chi connectivity index (χ0n) is 8.67. The lowest BCUT2D eigenvalue weighted by Crippen LogP contribution is -2.11. The van der Waals surface area contributed by atoms with Crippen molar-refractivity contribution in [2.75, 3.05) is 19.0 Å². The number of ether oxygens (including phenoxy) is 1. The molecule has 0 atom stereocenters. The highest BCUT2D eigenvalue weighted by Crippen LogP contribution is 2.19. The van der Waals surface area contributed by atoms with E-state index in [1.807, 2.05) is 0 Å². The van der Waals surface area contributed by atoms with Gasteiger partial charge in [0.1, 0.15) is 0 Å². The normalized spacial score (nSPS) is 9.56. The molecule has 0 saturated heterocycles. The Morgan fingerprint density at radius 2 is 2.44 bits per heavy atom. The Morgan fingerprint density at radius 3 is 3.06 bits per heavy atom. The van der Waals surface area contributed by atoms with E-state index in [1.54, 1.807) is 0 Å². The van der Waals surface area contributed by atoms with E-state index in [1.165, 1.54) is 25.4 Å². The molecule has 7 nitrogen and oxygen atoms in total. The van der Waals surface area contributed by atoms with E-state index in [-0.39, 0.29) is 30.4 Å². The molecule has 0 aliphatic carbocycles. The second kappa shape index (κ2) is 5.64. The number of anilines is 1. The lowest BCUT2D eigenvalue weighted by Gasteiger charge is -2.04. The first kappa shape index (κ1) is 11.9. The summed E-state index contributed by atoms with van der Waals surface area (Å²) < 4.78 is 4.43. The molecule has 0 aliphatic rings. The smallest absolute Gasteiger partial charge is 0.311 e. The first-order valence-electron chi connectivity index (χ1n) is 4.55. The quantitative estimate of drug-likeness (QED) is 0.455. The number of methoxy groups -OCH3 is 1. The summed E-state index contributed by atoms with van der Waals surface area (Å²) in [5, 5.41) is 13.3. The van der Waals surface area contributed by atoms with E-state index in [0.29, 0.717) is 0 Å². The van der Waals surface area contributed by atoms with Crippen molar-refractivity contribution >= 4 is 17.5 Å². The highest BCUT2D eigenvalue weighted by Gasteiger charge is 2.13. The molecule has 0 fully saturated rings. The van der Waals surface area contributed by atoms with Gasteiger partial charge in [0.05, 0.1) is 18.5 Å². The molecule has 0 bridgehead atoms. The fourth-order valence-electron chi connectivity index (χ4n) is 1.07. The zero-order chi connectivity index (χ0) is 12.0. The van der Waals surface area contributed by atoms with Gasteiger partial charge in [-0.1, -0.05) is 0 Å². The molecule has 0 aliphatic heterocycles. The van der Waals surface area contributed by atoms with Gasteiger partial charge in [0, 0.05) is 18.8 Å². The number of carbonyl (C=O) groups is 1. The Kier molecular flexibility index (Phi) is 4.19. The van der Waals surface area contributed by atoms with Gasteiger partial charge in [-0.2, -0.15) is 0 Å². The number of carbonyl (C=O) groups excluding carboxylic acids is 1. The average molecular weight is 225 g/mol. The Labute approximate surface area is 91.6 Å². The number of esters is 1. The third kappa shape index (κ3) is 3.19. The maximum absolute atomic E-state index is 10.8. The number of hydrogen-bond donors (Lipinski definition) is 1. The van der Waals surface area contributed by atoms with Crippen molar-refractivity contribution in [3.05, 3.63) is 28.4 Å². The number of nitrogens with one attached hydrogen (secondary N) is 1. The van der Waals surface area contributed by atoms with Crippen molar-refractivity contribution in [1.29, 1.82) is 0 Å². The first-order valence-corrected chi connectivity index (χ1v) is 4.55. The second-order valence-corrected chi connectivity index (χ2v) is 2.88. The minimum atomic E-state index is -0.534. The number of hydrogen-bond acceptors (Lipinski definition) is 6. The summed E-state index contributed by atoms with van der Waals surface area (Å²) in [6.07, 6.45) is 1.57. The molecule has 0 saturated carbocycles. The third-order valence-electron chi connectivity index (χ3n) is 1.83. The predicted octanol–water partition coefficient (Wildman–Crippen LogP) is 0.965. The van der Waals surface area contributed by atoms with Crippen LogP contribution >= 0.6 is 0 Å². The summed E-state index contributed by atoms with van der Waals surface area (Å²) in [4.78, 5) is 24.7. The number of nitro groups is 1. The minimum Gasteiger partial charge on any atom is -0.469 e. The van der Waals surface area contributed by atoms with Gasteiger partial charge in [0.2, 0.25) is 5.82 Å². The molecular weight excluding hydrogens is 214 g/mol. The number of rotatable bonds is 5. The van der Waals surface area contributed by atoms with Gasteiger partial charge < -0.3 is 10.1 Å². The molecule has 0 unspecified atom stereocenters. The number of nitrogens with zero attached hydrogens (tertiary/aromatic N) is 2. The Bertz CT molecular complexity index is 394. The SMILES string of the molecule is COC(=O)CCNc1ncccc1[N+](=O)[O-]. The van der Waals surface area contributed by atoms with Crippen LogP contribution in [0.2, 0.25) is 0 Å². The van der Waals surface area contributed by atoms with Crippen molar-refractivity contribution in [2.45, 2.75) is 6.42 Å².